The van der Waals surface area contributed by atoms with Crippen LogP contribution < -0.4 is 4.74 Å². The summed E-state index contributed by atoms with van der Waals surface area (Å²) in [6.07, 6.45) is 1.04. The second-order valence-corrected chi connectivity index (χ2v) is 5.09. The van der Waals surface area contributed by atoms with Gasteiger partial charge < -0.3 is 9.84 Å². The van der Waals surface area contributed by atoms with Gasteiger partial charge >= 0.3 is 0 Å². The standard InChI is InChI=1S/C16H18ClNO2/c1-3-11(2)12-6-4-5-7-15(12)20-16-9-8-13(17)14(10-19)18-16/h4-9,11,19H,3,10H2,1-2H3. The van der Waals surface area contributed by atoms with Crippen LogP contribution in [0.4, 0.5) is 0 Å². The Hall–Kier alpha value is -1.58. The first-order valence-corrected chi connectivity index (χ1v) is 7.06. The summed E-state index contributed by atoms with van der Waals surface area (Å²) < 4.78 is 5.85. The van der Waals surface area contributed by atoms with Crippen LogP contribution in [0.5, 0.6) is 11.6 Å². The summed E-state index contributed by atoms with van der Waals surface area (Å²) in [6, 6.07) is 11.3. The molecule has 0 amide bonds. The lowest BCUT2D eigenvalue weighted by Gasteiger charge is -2.15. The predicted octanol–water partition coefficient (Wildman–Crippen LogP) is 4.53. The van der Waals surface area contributed by atoms with E-state index in [1.807, 2.05) is 18.2 Å². The summed E-state index contributed by atoms with van der Waals surface area (Å²) >= 11 is 5.93. The predicted molar refractivity (Wildman–Crippen MR) is 80.4 cm³/mol. The highest BCUT2D eigenvalue weighted by Gasteiger charge is 2.11. The van der Waals surface area contributed by atoms with E-state index in [-0.39, 0.29) is 6.61 Å². The lowest BCUT2D eigenvalue weighted by atomic mass is 9.98. The Balaban J connectivity index is 2.30. The fourth-order valence-electron chi connectivity index (χ4n) is 1.95. The van der Waals surface area contributed by atoms with Crippen LogP contribution in [-0.2, 0) is 6.61 Å². The van der Waals surface area contributed by atoms with Gasteiger partial charge in [-0.15, -0.1) is 0 Å². The number of benzene rings is 1. The molecular weight excluding hydrogens is 274 g/mol. The third-order valence-electron chi connectivity index (χ3n) is 3.32. The van der Waals surface area contributed by atoms with Crippen molar-refractivity contribution in [3.63, 3.8) is 0 Å². The van der Waals surface area contributed by atoms with Gasteiger partial charge in [-0.05, 0) is 30.0 Å². The molecule has 0 aliphatic heterocycles. The van der Waals surface area contributed by atoms with Crippen LogP contribution in [0.2, 0.25) is 5.02 Å². The van der Waals surface area contributed by atoms with E-state index in [1.165, 1.54) is 0 Å². The van der Waals surface area contributed by atoms with Crippen molar-refractivity contribution in [2.45, 2.75) is 32.8 Å². The quantitative estimate of drug-likeness (QED) is 0.880. The van der Waals surface area contributed by atoms with Crippen molar-refractivity contribution in [2.75, 3.05) is 0 Å². The number of hydrogen-bond donors (Lipinski definition) is 1. The second-order valence-electron chi connectivity index (χ2n) is 4.69. The maximum Gasteiger partial charge on any atom is 0.219 e. The number of aliphatic hydroxyl groups excluding tert-OH is 1. The molecule has 1 aromatic carbocycles. The van der Waals surface area contributed by atoms with E-state index in [4.69, 9.17) is 16.3 Å². The number of hydrogen-bond acceptors (Lipinski definition) is 3. The topological polar surface area (TPSA) is 42.4 Å². The molecule has 1 heterocycles. The van der Waals surface area contributed by atoms with Gasteiger partial charge in [0.1, 0.15) is 5.75 Å². The van der Waals surface area contributed by atoms with E-state index in [2.05, 4.69) is 24.9 Å². The molecular formula is C16H18ClNO2. The maximum atomic E-state index is 9.19. The Kier molecular flexibility index (Phi) is 4.99. The van der Waals surface area contributed by atoms with Gasteiger partial charge in [0.05, 0.1) is 17.3 Å². The average molecular weight is 292 g/mol. The Morgan fingerprint density at radius 3 is 2.70 bits per heavy atom. The molecule has 106 valence electrons. The van der Waals surface area contributed by atoms with Crippen LogP contribution in [0, 0.1) is 0 Å². The zero-order valence-electron chi connectivity index (χ0n) is 11.6. The lowest BCUT2D eigenvalue weighted by molar-refractivity contribution is 0.275. The molecule has 2 rings (SSSR count). The monoisotopic (exact) mass is 291 g/mol. The van der Waals surface area contributed by atoms with Crippen LogP contribution in [-0.4, -0.2) is 10.1 Å². The van der Waals surface area contributed by atoms with Crippen LogP contribution >= 0.6 is 11.6 Å². The molecule has 0 aliphatic carbocycles. The molecule has 0 saturated carbocycles. The molecule has 1 aromatic heterocycles. The minimum Gasteiger partial charge on any atom is -0.439 e. The number of aliphatic hydroxyl groups is 1. The van der Waals surface area contributed by atoms with E-state index in [0.29, 0.717) is 22.5 Å². The van der Waals surface area contributed by atoms with Gasteiger partial charge in [0, 0.05) is 6.07 Å². The highest BCUT2D eigenvalue weighted by atomic mass is 35.5. The van der Waals surface area contributed by atoms with Crippen molar-refractivity contribution >= 4 is 11.6 Å². The van der Waals surface area contributed by atoms with E-state index in [9.17, 15) is 5.11 Å². The molecule has 0 radical (unpaired) electrons. The van der Waals surface area contributed by atoms with Gasteiger partial charge in [-0.1, -0.05) is 43.6 Å². The zero-order chi connectivity index (χ0) is 14.5. The Labute approximate surface area is 124 Å². The maximum absolute atomic E-state index is 9.19. The number of pyridine rings is 1. The third kappa shape index (κ3) is 3.30. The molecule has 3 nitrogen and oxygen atoms in total. The second kappa shape index (κ2) is 6.73. The van der Waals surface area contributed by atoms with Crippen molar-refractivity contribution in [1.29, 1.82) is 0 Å². The van der Waals surface area contributed by atoms with Crippen LogP contribution in [0.1, 0.15) is 37.4 Å². The summed E-state index contributed by atoms with van der Waals surface area (Å²) in [5, 5.41) is 9.63. The van der Waals surface area contributed by atoms with Gasteiger partial charge in [0.2, 0.25) is 5.88 Å². The number of halogens is 1. The van der Waals surface area contributed by atoms with E-state index in [0.717, 1.165) is 17.7 Å². The summed E-state index contributed by atoms with van der Waals surface area (Å²) in [7, 11) is 0. The van der Waals surface area contributed by atoms with Crippen molar-refractivity contribution < 1.29 is 9.84 Å². The molecule has 1 atom stereocenters. The van der Waals surface area contributed by atoms with Crippen LogP contribution in [0.15, 0.2) is 36.4 Å². The van der Waals surface area contributed by atoms with Gasteiger partial charge in [-0.25, -0.2) is 4.98 Å². The Bertz CT molecular complexity index is 586. The van der Waals surface area contributed by atoms with Gasteiger partial charge in [0.15, 0.2) is 0 Å². The highest BCUT2D eigenvalue weighted by molar-refractivity contribution is 6.31. The number of para-hydroxylation sites is 1. The molecule has 2 aromatic rings. The first kappa shape index (κ1) is 14.8. The smallest absolute Gasteiger partial charge is 0.219 e. The van der Waals surface area contributed by atoms with Crippen LogP contribution in [0.3, 0.4) is 0 Å². The van der Waals surface area contributed by atoms with Crippen molar-refractivity contribution in [3.8, 4) is 11.6 Å². The minimum absolute atomic E-state index is 0.205. The Morgan fingerprint density at radius 1 is 1.25 bits per heavy atom. The van der Waals surface area contributed by atoms with Gasteiger partial charge in [-0.2, -0.15) is 0 Å². The highest BCUT2D eigenvalue weighted by Crippen LogP contribution is 2.31. The fraction of sp³-hybridized carbons (Fsp3) is 0.312. The molecule has 0 aliphatic rings. The average Bonchev–Trinajstić information content (AvgIpc) is 2.49. The molecule has 1 N–H and O–H groups in total. The number of nitrogens with zero attached hydrogens (tertiary/aromatic N) is 1. The minimum atomic E-state index is -0.205. The molecule has 0 fully saturated rings. The summed E-state index contributed by atoms with van der Waals surface area (Å²) in [5.41, 5.74) is 1.57. The van der Waals surface area contributed by atoms with E-state index < -0.39 is 0 Å². The zero-order valence-corrected chi connectivity index (χ0v) is 12.4. The SMILES string of the molecule is CCC(C)c1ccccc1Oc1ccc(Cl)c(CO)n1. The number of aromatic nitrogens is 1. The largest absolute Gasteiger partial charge is 0.439 e. The first-order valence-electron chi connectivity index (χ1n) is 6.68. The molecule has 20 heavy (non-hydrogen) atoms. The van der Waals surface area contributed by atoms with E-state index in [1.54, 1.807) is 12.1 Å². The van der Waals surface area contributed by atoms with Crippen molar-refractivity contribution in [2.24, 2.45) is 0 Å². The summed E-state index contributed by atoms with van der Waals surface area (Å²) in [6.45, 7) is 4.10. The molecule has 0 saturated heterocycles. The van der Waals surface area contributed by atoms with Crippen LogP contribution in [0.25, 0.3) is 0 Å². The van der Waals surface area contributed by atoms with Crippen molar-refractivity contribution in [1.82, 2.24) is 4.98 Å². The lowest BCUT2D eigenvalue weighted by Crippen LogP contribution is -1.98. The molecule has 4 heteroatoms. The van der Waals surface area contributed by atoms with Crippen molar-refractivity contribution in [3.05, 3.63) is 52.7 Å². The summed E-state index contributed by atoms with van der Waals surface area (Å²) in [5.74, 6) is 1.64. The Morgan fingerprint density at radius 2 is 2.00 bits per heavy atom. The number of ether oxygens (including phenoxy) is 1. The molecule has 1 unspecified atom stereocenters. The fourth-order valence-corrected chi connectivity index (χ4v) is 2.11. The molecule has 0 bridgehead atoms. The number of rotatable bonds is 5. The van der Waals surface area contributed by atoms with E-state index >= 15 is 0 Å². The normalized spacial score (nSPS) is 12.2. The van der Waals surface area contributed by atoms with Gasteiger partial charge in [0.25, 0.3) is 0 Å². The summed E-state index contributed by atoms with van der Waals surface area (Å²) in [4.78, 5) is 4.21. The molecule has 0 spiro atoms. The third-order valence-corrected chi connectivity index (χ3v) is 3.66. The first-order chi connectivity index (χ1) is 9.65. The van der Waals surface area contributed by atoms with Gasteiger partial charge in [-0.3, -0.25) is 0 Å².